The fourth-order valence-corrected chi connectivity index (χ4v) is 2.18. The molecular weight excluding hydrogens is 242 g/mol. The Labute approximate surface area is 101 Å². The van der Waals surface area contributed by atoms with E-state index in [1.54, 1.807) is 12.1 Å². The molecule has 1 aromatic rings. The van der Waals surface area contributed by atoms with Crippen LogP contribution < -0.4 is 4.72 Å². The molecule has 0 saturated carbocycles. The zero-order chi connectivity index (χ0) is 12.9. The molecule has 17 heavy (non-hydrogen) atoms. The van der Waals surface area contributed by atoms with Crippen LogP contribution in [0.3, 0.4) is 0 Å². The first-order chi connectivity index (χ1) is 7.99. The van der Waals surface area contributed by atoms with Crippen molar-refractivity contribution in [3.8, 4) is 0 Å². The van der Waals surface area contributed by atoms with Crippen LogP contribution in [-0.4, -0.2) is 28.0 Å². The lowest BCUT2D eigenvalue weighted by molar-refractivity contribution is -0.139. The zero-order valence-corrected chi connectivity index (χ0v) is 10.6. The summed E-state index contributed by atoms with van der Waals surface area (Å²) >= 11 is 0. The number of benzene rings is 1. The van der Waals surface area contributed by atoms with Crippen LogP contribution in [-0.2, 0) is 26.0 Å². The Hall–Kier alpha value is -1.40. The molecule has 6 heteroatoms. The van der Waals surface area contributed by atoms with Crippen LogP contribution in [0.2, 0.25) is 0 Å². The quantitative estimate of drug-likeness (QED) is 0.788. The minimum atomic E-state index is -3.64. The molecule has 0 aliphatic heterocycles. The normalized spacial score (nSPS) is 11.2. The zero-order valence-electron chi connectivity index (χ0n) is 9.76. The number of aryl methyl sites for hydroxylation is 1. The van der Waals surface area contributed by atoms with Crippen LogP contribution in [0.5, 0.6) is 0 Å². The summed E-state index contributed by atoms with van der Waals surface area (Å²) in [5, 5.41) is 0. The van der Waals surface area contributed by atoms with Gasteiger partial charge in [-0.3, -0.25) is 4.79 Å². The predicted molar refractivity (Wildman–Crippen MR) is 63.0 cm³/mol. The molecule has 0 aliphatic carbocycles. The summed E-state index contributed by atoms with van der Waals surface area (Å²) in [6.07, 6.45) is 0.843. The Morgan fingerprint density at radius 1 is 1.29 bits per heavy atom. The van der Waals surface area contributed by atoms with Gasteiger partial charge < -0.3 is 4.74 Å². The van der Waals surface area contributed by atoms with Gasteiger partial charge in [0.15, 0.2) is 0 Å². The van der Waals surface area contributed by atoms with Crippen LogP contribution in [0.25, 0.3) is 0 Å². The SMILES string of the molecule is CCc1ccc(S(=O)(=O)NCC(=O)OC)cc1. The number of nitrogens with one attached hydrogen (secondary N) is 1. The highest BCUT2D eigenvalue weighted by Gasteiger charge is 2.15. The standard InChI is InChI=1S/C11H15NO4S/c1-3-9-4-6-10(7-5-9)17(14,15)12-8-11(13)16-2/h4-7,12H,3,8H2,1-2H3. The molecule has 0 fully saturated rings. The van der Waals surface area contributed by atoms with Crippen LogP contribution >= 0.6 is 0 Å². The molecule has 0 atom stereocenters. The van der Waals surface area contributed by atoms with Gasteiger partial charge in [-0.05, 0) is 24.1 Å². The van der Waals surface area contributed by atoms with Gasteiger partial charge in [-0.25, -0.2) is 8.42 Å². The van der Waals surface area contributed by atoms with Crippen molar-refractivity contribution in [2.75, 3.05) is 13.7 Å². The summed E-state index contributed by atoms with van der Waals surface area (Å²) in [7, 11) is -2.44. The molecule has 0 heterocycles. The Balaban J connectivity index is 2.78. The highest BCUT2D eigenvalue weighted by molar-refractivity contribution is 7.89. The second kappa shape index (κ2) is 5.79. The topological polar surface area (TPSA) is 72.5 Å². The van der Waals surface area contributed by atoms with E-state index in [9.17, 15) is 13.2 Å². The van der Waals surface area contributed by atoms with Gasteiger partial charge >= 0.3 is 5.97 Å². The van der Waals surface area contributed by atoms with E-state index in [0.717, 1.165) is 12.0 Å². The van der Waals surface area contributed by atoms with Gasteiger partial charge in [0.25, 0.3) is 0 Å². The van der Waals surface area contributed by atoms with E-state index in [1.807, 2.05) is 6.92 Å². The summed E-state index contributed by atoms with van der Waals surface area (Å²) in [5.41, 5.74) is 1.05. The average Bonchev–Trinajstić information content (AvgIpc) is 2.36. The van der Waals surface area contributed by atoms with E-state index in [-0.39, 0.29) is 11.4 Å². The third kappa shape index (κ3) is 3.83. The molecule has 0 aliphatic rings. The van der Waals surface area contributed by atoms with E-state index in [4.69, 9.17) is 0 Å². The van der Waals surface area contributed by atoms with E-state index < -0.39 is 16.0 Å². The largest absolute Gasteiger partial charge is 0.468 e. The fraction of sp³-hybridized carbons (Fsp3) is 0.364. The van der Waals surface area contributed by atoms with Gasteiger partial charge in [0.1, 0.15) is 6.54 Å². The van der Waals surface area contributed by atoms with Crippen LogP contribution in [0, 0.1) is 0 Å². The summed E-state index contributed by atoms with van der Waals surface area (Å²) < 4.78 is 30.0. The highest BCUT2D eigenvalue weighted by atomic mass is 32.2. The van der Waals surface area contributed by atoms with Crippen LogP contribution in [0.1, 0.15) is 12.5 Å². The van der Waals surface area contributed by atoms with Gasteiger partial charge in [0.05, 0.1) is 12.0 Å². The van der Waals surface area contributed by atoms with E-state index in [0.29, 0.717) is 0 Å². The smallest absolute Gasteiger partial charge is 0.320 e. The van der Waals surface area contributed by atoms with Crippen molar-refractivity contribution in [1.29, 1.82) is 0 Å². The third-order valence-corrected chi connectivity index (χ3v) is 3.69. The van der Waals surface area contributed by atoms with Crippen molar-refractivity contribution >= 4 is 16.0 Å². The average molecular weight is 257 g/mol. The van der Waals surface area contributed by atoms with Crippen molar-refractivity contribution < 1.29 is 17.9 Å². The first-order valence-corrected chi connectivity index (χ1v) is 6.63. The Morgan fingerprint density at radius 2 is 1.88 bits per heavy atom. The van der Waals surface area contributed by atoms with Gasteiger partial charge in [-0.2, -0.15) is 4.72 Å². The molecule has 0 unspecified atom stereocenters. The Bertz CT molecular complexity index is 479. The van der Waals surface area contributed by atoms with Crippen LogP contribution in [0.4, 0.5) is 0 Å². The predicted octanol–water partition coefficient (Wildman–Crippen LogP) is 0.700. The molecule has 1 N–H and O–H groups in total. The molecule has 5 nitrogen and oxygen atoms in total. The monoisotopic (exact) mass is 257 g/mol. The lowest BCUT2D eigenvalue weighted by Gasteiger charge is -2.06. The third-order valence-electron chi connectivity index (χ3n) is 2.28. The summed E-state index contributed by atoms with van der Waals surface area (Å²) in [6, 6.07) is 6.51. The van der Waals surface area contributed by atoms with E-state index >= 15 is 0 Å². The molecule has 0 spiro atoms. The molecule has 1 aromatic carbocycles. The van der Waals surface area contributed by atoms with Crippen molar-refractivity contribution in [2.24, 2.45) is 0 Å². The second-order valence-electron chi connectivity index (χ2n) is 3.40. The maximum Gasteiger partial charge on any atom is 0.320 e. The second-order valence-corrected chi connectivity index (χ2v) is 5.17. The Morgan fingerprint density at radius 3 is 2.35 bits per heavy atom. The minimum absolute atomic E-state index is 0.138. The molecular formula is C11H15NO4S. The van der Waals surface area contributed by atoms with Gasteiger partial charge in [-0.1, -0.05) is 19.1 Å². The van der Waals surface area contributed by atoms with Crippen LogP contribution in [0.15, 0.2) is 29.2 Å². The number of rotatable bonds is 5. The molecule has 0 saturated heterocycles. The van der Waals surface area contributed by atoms with Crippen molar-refractivity contribution in [3.05, 3.63) is 29.8 Å². The molecule has 1 rings (SSSR count). The number of hydrogen-bond donors (Lipinski definition) is 1. The molecule has 94 valence electrons. The number of hydrogen-bond acceptors (Lipinski definition) is 4. The molecule has 0 amide bonds. The van der Waals surface area contributed by atoms with Gasteiger partial charge in [0, 0.05) is 0 Å². The summed E-state index contributed by atoms with van der Waals surface area (Å²) in [5.74, 6) is -0.626. The van der Waals surface area contributed by atoms with E-state index in [1.165, 1.54) is 19.2 Å². The van der Waals surface area contributed by atoms with Gasteiger partial charge in [0.2, 0.25) is 10.0 Å². The molecule has 0 radical (unpaired) electrons. The maximum atomic E-state index is 11.7. The Kier molecular flexibility index (Phi) is 4.65. The minimum Gasteiger partial charge on any atom is -0.468 e. The van der Waals surface area contributed by atoms with Gasteiger partial charge in [-0.15, -0.1) is 0 Å². The highest BCUT2D eigenvalue weighted by Crippen LogP contribution is 2.10. The summed E-state index contributed by atoms with van der Waals surface area (Å²) in [4.78, 5) is 11.0. The summed E-state index contributed by atoms with van der Waals surface area (Å²) in [6.45, 7) is 1.62. The lowest BCUT2D eigenvalue weighted by Crippen LogP contribution is -2.30. The number of ether oxygens (including phenoxy) is 1. The van der Waals surface area contributed by atoms with E-state index in [2.05, 4.69) is 9.46 Å². The first kappa shape index (κ1) is 13.7. The number of sulfonamides is 1. The van der Waals surface area contributed by atoms with Crippen molar-refractivity contribution in [1.82, 2.24) is 4.72 Å². The molecule has 0 bridgehead atoms. The maximum absolute atomic E-state index is 11.7. The fourth-order valence-electron chi connectivity index (χ4n) is 1.21. The lowest BCUT2D eigenvalue weighted by atomic mass is 10.2. The van der Waals surface area contributed by atoms with Crippen molar-refractivity contribution in [2.45, 2.75) is 18.2 Å². The first-order valence-electron chi connectivity index (χ1n) is 5.15. The number of carbonyl (C=O) groups excluding carboxylic acids is 1. The van der Waals surface area contributed by atoms with Crippen molar-refractivity contribution in [3.63, 3.8) is 0 Å². The number of esters is 1. The molecule has 0 aromatic heterocycles. The number of carbonyl (C=O) groups is 1. The number of methoxy groups -OCH3 is 1.